The van der Waals surface area contributed by atoms with Crippen molar-refractivity contribution in [3.63, 3.8) is 0 Å². The van der Waals surface area contributed by atoms with E-state index >= 15 is 0 Å². The summed E-state index contributed by atoms with van der Waals surface area (Å²) in [5.74, 6) is 14.8. The van der Waals surface area contributed by atoms with Gasteiger partial charge in [0, 0.05) is 23.5 Å². The van der Waals surface area contributed by atoms with Crippen LogP contribution in [0.4, 0.5) is 0 Å². The van der Waals surface area contributed by atoms with Crippen LogP contribution in [0.1, 0.15) is 56.6 Å². The fraction of sp³-hybridized carbons (Fsp3) is 0.286. The molecule has 0 aromatic heterocycles. The number of esters is 1. The Labute approximate surface area is 190 Å². The molecule has 1 N–H and O–H groups in total. The molecule has 0 spiro atoms. The van der Waals surface area contributed by atoms with Gasteiger partial charge in [-0.15, -0.1) is 0 Å². The van der Waals surface area contributed by atoms with Gasteiger partial charge in [0.15, 0.2) is 0 Å². The first-order valence-electron chi connectivity index (χ1n) is 10.7. The van der Waals surface area contributed by atoms with Crippen LogP contribution in [0.5, 0.6) is 5.75 Å². The molecule has 0 aliphatic heterocycles. The number of rotatable bonds is 8. The van der Waals surface area contributed by atoms with Crippen LogP contribution in [0, 0.1) is 41.4 Å². The maximum atomic E-state index is 11.9. The van der Waals surface area contributed by atoms with E-state index in [0.717, 1.165) is 31.2 Å². The van der Waals surface area contributed by atoms with E-state index in [1.807, 2.05) is 30.3 Å². The van der Waals surface area contributed by atoms with E-state index < -0.39 is 17.9 Å². The topological polar surface area (TPSA) is 63.6 Å². The van der Waals surface area contributed by atoms with Gasteiger partial charge in [0.1, 0.15) is 5.75 Å². The number of benzene rings is 2. The summed E-state index contributed by atoms with van der Waals surface area (Å²) in [6, 6.07) is 16.0. The summed E-state index contributed by atoms with van der Waals surface area (Å²) in [7, 11) is 0. The van der Waals surface area contributed by atoms with E-state index in [2.05, 4.69) is 42.4 Å². The van der Waals surface area contributed by atoms with Gasteiger partial charge in [-0.1, -0.05) is 74.6 Å². The van der Waals surface area contributed by atoms with Crippen LogP contribution in [0.15, 0.2) is 54.6 Å². The highest BCUT2D eigenvalue weighted by atomic mass is 16.5. The highest BCUT2D eigenvalue weighted by molar-refractivity contribution is 5.90. The molecule has 162 valence electrons. The van der Waals surface area contributed by atoms with Gasteiger partial charge in [-0.05, 0) is 48.6 Å². The Hall–Kier alpha value is -3.94. The molecule has 0 radical (unpaired) electrons. The van der Waals surface area contributed by atoms with Gasteiger partial charge in [-0.25, -0.2) is 4.79 Å². The number of carbonyl (C=O) groups excluding carboxylic acids is 1. The quantitative estimate of drug-likeness (QED) is 0.277. The zero-order valence-electron chi connectivity index (χ0n) is 18.2. The normalized spacial score (nSPS) is 10.3. The average Bonchev–Trinajstić information content (AvgIpc) is 2.79. The number of carbonyl (C=O) groups is 2. The summed E-state index contributed by atoms with van der Waals surface area (Å²) in [5.41, 5.74) is 1.36. The van der Waals surface area contributed by atoms with Crippen molar-refractivity contribution in [2.24, 2.45) is 5.92 Å². The lowest BCUT2D eigenvalue weighted by Gasteiger charge is -2.07. The number of aliphatic carboxylic acids is 1. The first kappa shape index (κ1) is 24.3. The molecular weight excluding hydrogens is 400 g/mol. The molecule has 1 unspecified atom stereocenters. The lowest BCUT2D eigenvalue weighted by Crippen LogP contribution is -2.12. The molecule has 0 saturated carbocycles. The summed E-state index contributed by atoms with van der Waals surface area (Å²) >= 11 is 0. The molecule has 0 heterocycles. The van der Waals surface area contributed by atoms with Crippen LogP contribution in [0.3, 0.4) is 0 Å². The monoisotopic (exact) mass is 426 g/mol. The number of carboxylic acids is 1. The standard InChI is InChI=1S/C28H26O4/c1-2-3-4-10-17-25(28(30)31)18-11-6-9-15-24-16-12-19-26(22-24)32-27(29)21-20-23-13-7-5-8-14-23/h5,7-8,12-14,16,19,22,25H,2-4,10,17-18H2,1H3,(H,30,31). The second kappa shape index (κ2) is 14.1. The van der Waals surface area contributed by atoms with Crippen molar-refractivity contribution in [1.82, 2.24) is 0 Å². The Morgan fingerprint density at radius 3 is 2.47 bits per heavy atom. The van der Waals surface area contributed by atoms with Gasteiger partial charge in [-0.2, -0.15) is 0 Å². The minimum atomic E-state index is -0.811. The third-order valence-electron chi connectivity index (χ3n) is 4.59. The molecule has 0 aliphatic carbocycles. The van der Waals surface area contributed by atoms with E-state index in [9.17, 15) is 14.7 Å². The maximum Gasteiger partial charge on any atom is 0.390 e. The Morgan fingerprint density at radius 2 is 1.72 bits per heavy atom. The van der Waals surface area contributed by atoms with E-state index in [1.165, 1.54) is 0 Å². The Balaban J connectivity index is 1.90. The smallest absolute Gasteiger partial charge is 0.390 e. The first-order valence-corrected chi connectivity index (χ1v) is 10.7. The van der Waals surface area contributed by atoms with Crippen LogP contribution in [0.2, 0.25) is 0 Å². The van der Waals surface area contributed by atoms with Crippen molar-refractivity contribution in [1.29, 1.82) is 0 Å². The number of carboxylic acid groups (broad SMARTS) is 1. The zero-order valence-corrected chi connectivity index (χ0v) is 18.2. The Kier molecular flexibility index (Phi) is 10.7. The Bertz CT molecular complexity index is 1080. The number of hydrogen-bond donors (Lipinski definition) is 1. The van der Waals surface area contributed by atoms with Crippen molar-refractivity contribution in [2.45, 2.75) is 45.4 Å². The number of unbranched alkanes of at least 4 members (excludes halogenated alkanes) is 3. The minimum absolute atomic E-state index is 0.286. The molecular formula is C28H26O4. The predicted molar refractivity (Wildman–Crippen MR) is 125 cm³/mol. The van der Waals surface area contributed by atoms with Gasteiger partial charge in [0.25, 0.3) is 0 Å². The van der Waals surface area contributed by atoms with Crippen molar-refractivity contribution in [3.05, 3.63) is 65.7 Å². The average molecular weight is 427 g/mol. The van der Waals surface area contributed by atoms with E-state index in [1.54, 1.807) is 24.3 Å². The minimum Gasteiger partial charge on any atom is -0.481 e. The van der Waals surface area contributed by atoms with Gasteiger partial charge in [0.2, 0.25) is 0 Å². The fourth-order valence-corrected chi connectivity index (χ4v) is 2.87. The molecule has 0 bridgehead atoms. The molecule has 1 atom stereocenters. The molecule has 0 aliphatic rings. The van der Waals surface area contributed by atoms with Crippen molar-refractivity contribution in [2.75, 3.05) is 0 Å². The van der Waals surface area contributed by atoms with E-state index in [-0.39, 0.29) is 6.42 Å². The van der Waals surface area contributed by atoms with E-state index in [4.69, 9.17) is 4.74 Å². The lowest BCUT2D eigenvalue weighted by atomic mass is 9.98. The van der Waals surface area contributed by atoms with Crippen LogP contribution in [-0.4, -0.2) is 17.0 Å². The summed E-state index contributed by atoms with van der Waals surface area (Å²) in [6.07, 6.45) is 5.11. The van der Waals surface area contributed by atoms with Crippen LogP contribution in [-0.2, 0) is 9.59 Å². The highest BCUT2D eigenvalue weighted by Gasteiger charge is 2.15. The fourth-order valence-electron chi connectivity index (χ4n) is 2.87. The molecule has 2 rings (SSSR count). The second-order valence-electron chi connectivity index (χ2n) is 7.17. The maximum absolute atomic E-state index is 11.9. The SMILES string of the molecule is CCCCCCC(CC#CC#Cc1cccc(OC(=O)C#Cc2ccccc2)c1)C(=O)O. The molecule has 32 heavy (non-hydrogen) atoms. The summed E-state index contributed by atoms with van der Waals surface area (Å²) < 4.78 is 5.24. The Morgan fingerprint density at radius 1 is 0.938 bits per heavy atom. The molecule has 0 fully saturated rings. The van der Waals surface area contributed by atoms with Crippen molar-refractivity contribution < 1.29 is 19.4 Å². The molecule has 4 nitrogen and oxygen atoms in total. The predicted octanol–water partition coefficient (Wildman–Crippen LogP) is 5.06. The van der Waals surface area contributed by atoms with Crippen molar-refractivity contribution in [3.8, 4) is 41.3 Å². The van der Waals surface area contributed by atoms with E-state index in [0.29, 0.717) is 17.7 Å². The number of ether oxygens (including phenoxy) is 1. The largest absolute Gasteiger partial charge is 0.481 e. The molecule has 4 heteroatoms. The summed E-state index contributed by atoms with van der Waals surface area (Å²) in [5, 5.41) is 9.31. The van der Waals surface area contributed by atoms with Crippen LogP contribution < -0.4 is 4.74 Å². The van der Waals surface area contributed by atoms with Crippen molar-refractivity contribution >= 4 is 11.9 Å². The molecule has 0 saturated heterocycles. The lowest BCUT2D eigenvalue weighted by molar-refractivity contribution is -0.141. The first-order chi connectivity index (χ1) is 15.6. The summed E-state index contributed by atoms with van der Waals surface area (Å²) in [4.78, 5) is 23.3. The zero-order chi connectivity index (χ0) is 23.0. The highest BCUT2D eigenvalue weighted by Crippen LogP contribution is 2.15. The third-order valence-corrected chi connectivity index (χ3v) is 4.59. The third kappa shape index (κ3) is 9.71. The van der Waals surface area contributed by atoms with Gasteiger partial charge >= 0.3 is 11.9 Å². The van der Waals surface area contributed by atoms with Crippen LogP contribution in [0.25, 0.3) is 0 Å². The van der Waals surface area contributed by atoms with Gasteiger partial charge in [-0.3, -0.25) is 4.79 Å². The second-order valence-corrected chi connectivity index (χ2v) is 7.17. The van der Waals surface area contributed by atoms with Gasteiger partial charge in [0.05, 0.1) is 5.92 Å². The molecule has 2 aromatic carbocycles. The summed E-state index contributed by atoms with van der Waals surface area (Å²) in [6.45, 7) is 2.12. The van der Waals surface area contributed by atoms with Crippen LogP contribution >= 0.6 is 0 Å². The number of hydrogen-bond acceptors (Lipinski definition) is 3. The van der Waals surface area contributed by atoms with Gasteiger partial charge < -0.3 is 9.84 Å². The molecule has 0 amide bonds. The molecule has 2 aromatic rings.